The Labute approximate surface area is 97.1 Å². The van der Waals surface area contributed by atoms with Crippen molar-refractivity contribution in [1.82, 2.24) is 14.8 Å². The van der Waals surface area contributed by atoms with Crippen molar-refractivity contribution in [2.24, 2.45) is 0 Å². The van der Waals surface area contributed by atoms with Gasteiger partial charge >= 0.3 is 0 Å². The van der Waals surface area contributed by atoms with Gasteiger partial charge in [-0.15, -0.1) is 0 Å². The maximum atomic E-state index is 5.90. The largest absolute Gasteiger partial charge is 0.397 e. The van der Waals surface area contributed by atoms with Crippen molar-refractivity contribution in [3.05, 3.63) is 24.0 Å². The third-order valence-electron chi connectivity index (χ3n) is 3.34. The zero-order chi connectivity index (χ0) is 11.5. The molecule has 16 heavy (non-hydrogen) atoms. The van der Waals surface area contributed by atoms with E-state index in [0.29, 0.717) is 6.04 Å². The first-order chi connectivity index (χ1) is 7.66. The fourth-order valence-electron chi connectivity index (χ4n) is 2.06. The van der Waals surface area contributed by atoms with Crippen LogP contribution in [-0.2, 0) is 6.54 Å². The van der Waals surface area contributed by atoms with Gasteiger partial charge in [0.2, 0.25) is 0 Å². The normalized spacial score (nSPS) is 23.5. The van der Waals surface area contributed by atoms with E-state index in [1.807, 2.05) is 18.3 Å². The number of nitrogens with two attached hydrogens (primary N) is 1. The van der Waals surface area contributed by atoms with Crippen LogP contribution in [0, 0.1) is 0 Å². The van der Waals surface area contributed by atoms with Crippen LogP contribution < -0.4 is 5.73 Å². The number of likely N-dealkylation sites (N-methyl/N-ethyl adjacent to an activating group) is 1. The van der Waals surface area contributed by atoms with E-state index in [2.05, 4.69) is 28.8 Å². The Hall–Kier alpha value is -1.13. The van der Waals surface area contributed by atoms with Crippen molar-refractivity contribution in [3.63, 3.8) is 0 Å². The second-order valence-electron chi connectivity index (χ2n) is 4.60. The zero-order valence-electron chi connectivity index (χ0n) is 10.1. The lowest BCUT2D eigenvalue weighted by molar-refractivity contribution is 0.0992. The Kier molecular flexibility index (Phi) is 3.41. The predicted octanol–water partition coefficient (Wildman–Crippen LogP) is 0.800. The molecular formula is C12H20N4. The van der Waals surface area contributed by atoms with Crippen LogP contribution in [0.5, 0.6) is 0 Å². The molecule has 0 bridgehead atoms. The molecule has 0 spiro atoms. The summed E-state index contributed by atoms with van der Waals surface area (Å²) in [4.78, 5) is 9.14. The third-order valence-corrected chi connectivity index (χ3v) is 3.34. The van der Waals surface area contributed by atoms with Gasteiger partial charge in [-0.2, -0.15) is 0 Å². The first-order valence-corrected chi connectivity index (χ1v) is 5.79. The SMILES string of the molecule is CC1CN(Cc2ncccc2N)CCN1C. The van der Waals surface area contributed by atoms with E-state index in [9.17, 15) is 0 Å². The van der Waals surface area contributed by atoms with Crippen molar-refractivity contribution in [1.29, 1.82) is 0 Å². The number of pyridine rings is 1. The number of hydrogen-bond donors (Lipinski definition) is 1. The van der Waals surface area contributed by atoms with Crippen LogP contribution >= 0.6 is 0 Å². The third kappa shape index (κ3) is 2.51. The summed E-state index contributed by atoms with van der Waals surface area (Å²) in [5.41, 5.74) is 7.70. The minimum atomic E-state index is 0.610. The maximum absolute atomic E-state index is 5.90. The molecule has 0 saturated carbocycles. The molecule has 1 aliphatic rings. The molecule has 1 atom stereocenters. The highest BCUT2D eigenvalue weighted by molar-refractivity contribution is 5.41. The maximum Gasteiger partial charge on any atom is 0.0772 e. The van der Waals surface area contributed by atoms with E-state index in [1.165, 1.54) is 0 Å². The summed E-state index contributed by atoms with van der Waals surface area (Å²) in [5, 5.41) is 0. The number of anilines is 1. The van der Waals surface area contributed by atoms with Crippen LogP contribution in [0.25, 0.3) is 0 Å². The Balaban J connectivity index is 1.98. The van der Waals surface area contributed by atoms with Crippen LogP contribution in [0.2, 0.25) is 0 Å². The van der Waals surface area contributed by atoms with Gasteiger partial charge in [0.25, 0.3) is 0 Å². The highest BCUT2D eigenvalue weighted by atomic mass is 15.3. The molecule has 4 nitrogen and oxygen atoms in total. The number of nitrogens with zero attached hydrogens (tertiary/aromatic N) is 3. The highest BCUT2D eigenvalue weighted by Gasteiger charge is 2.21. The van der Waals surface area contributed by atoms with Crippen LogP contribution in [0.15, 0.2) is 18.3 Å². The first-order valence-electron chi connectivity index (χ1n) is 5.79. The molecule has 2 N–H and O–H groups in total. The first kappa shape index (κ1) is 11.4. The van der Waals surface area contributed by atoms with Crippen molar-refractivity contribution in [2.45, 2.75) is 19.5 Å². The van der Waals surface area contributed by atoms with Gasteiger partial charge in [0.15, 0.2) is 0 Å². The number of nitrogen functional groups attached to an aromatic ring is 1. The fourth-order valence-corrected chi connectivity index (χ4v) is 2.06. The van der Waals surface area contributed by atoms with Gasteiger partial charge in [0.05, 0.1) is 11.4 Å². The average Bonchev–Trinajstić information content (AvgIpc) is 2.27. The summed E-state index contributed by atoms with van der Waals surface area (Å²) in [5.74, 6) is 0. The van der Waals surface area contributed by atoms with Gasteiger partial charge in [-0.25, -0.2) is 0 Å². The zero-order valence-corrected chi connectivity index (χ0v) is 10.1. The minimum absolute atomic E-state index is 0.610. The number of rotatable bonds is 2. The van der Waals surface area contributed by atoms with Crippen molar-refractivity contribution in [2.75, 3.05) is 32.4 Å². The van der Waals surface area contributed by atoms with Gasteiger partial charge in [0.1, 0.15) is 0 Å². The number of piperazine rings is 1. The summed E-state index contributed by atoms with van der Waals surface area (Å²) in [6.07, 6.45) is 1.81. The molecule has 2 heterocycles. The van der Waals surface area contributed by atoms with E-state index in [4.69, 9.17) is 5.73 Å². The topological polar surface area (TPSA) is 45.4 Å². The van der Waals surface area contributed by atoms with E-state index < -0.39 is 0 Å². The van der Waals surface area contributed by atoms with Gasteiger partial charge in [-0.1, -0.05) is 0 Å². The van der Waals surface area contributed by atoms with Crippen LogP contribution in [-0.4, -0.2) is 47.5 Å². The van der Waals surface area contributed by atoms with Crippen LogP contribution in [0.3, 0.4) is 0 Å². The minimum Gasteiger partial charge on any atom is -0.397 e. The van der Waals surface area contributed by atoms with Crippen molar-refractivity contribution in [3.8, 4) is 0 Å². The summed E-state index contributed by atoms with van der Waals surface area (Å²) in [6.45, 7) is 6.43. The summed E-state index contributed by atoms with van der Waals surface area (Å²) in [6, 6.07) is 4.41. The molecule has 4 heteroatoms. The van der Waals surface area contributed by atoms with Crippen LogP contribution in [0.4, 0.5) is 5.69 Å². The monoisotopic (exact) mass is 220 g/mol. The van der Waals surface area contributed by atoms with E-state index >= 15 is 0 Å². The molecular weight excluding hydrogens is 200 g/mol. The Morgan fingerprint density at radius 1 is 1.50 bits per heavy atom. The predicted molar refractivity (Wildman–Crippen MR) is 66.0 cm³/mol. The molecule has 88 valence electrons. The van der Waals surface area contributed by atoms with Gasteiger partial charge in [-0.3, -0.25) is 9.88 Å². The van der Waals surface area contributed by atoms with Crippen LogP contribution in [0.1, 0.15) is 12.6 Å². The molecule has 1 aromatic rings. The highest BCUT2D eigenvalue weighted by Crippen LogP contribution is 2.14. The summed E-state index contributed by atoms with van der Waals surface area (Å²) >= 11 is 0. The van der Waals surface area contributed by atoms with E-state index in [0.717, 1.165) is 37.6 Å². The Morgan fingerprint density at radius 2 is 2.31 bits per heavy atom. The molecule has 0 amide bonds. The molecule has 1 aromatic heterocycles. The molecule has 1 saturated heterocycles. The Bertz CT molecular complexity index is 353. The second kappa shape index (κ2) is 4.80. The molecule has 1 aliphatic heterocycles. The standard InChI is InChI=1S/C12H20N4/c1-10-8-16(7-6-15(10)2)9-12-11(13)4-3-5-14-12/h3-5,10H,6-9,13H2,1-2H3. The van der Waals surface area contributed by atoms with Crippen molar-refractivity contribution < 1.29 is 0 Å². The molecule has 1 unspecified atom stereocenters. The number of aromatic nitrogens is 1. The molecule has 0 aromatic carbocycles. The number of hydrogen-bond acceptors (Lipinski definition) is 4. The van der Waals surface area contributed by atoms with Gasteiger partial charge in [-0.05, 0) is 26.1 Å². The molecule has 1 fully saturated rings. The Morgan fingerprint density at radius 3 is 3.00 bits per heavy atom. The van der Waals surface area contributed by atoms with E-state index in [-0.39, 0.29) is 0 Å². The van der Waals surface area contributed by atoms with E-state index in [1.54, 1.807) is 0 Å². The summed E-state index contributed by atoms with van der Waals surface area (Å²) < 4.78 is 0. The van der Waals surface area contributed by atoms with Gasteiger partial charge in [0, 0.05) is 38.4 Å². The molecule has 2 rings (SSSR count). The quantitative estimate of drug-likeness (QED) is 0.801. The lowest BCUT2D eigenvalue weighted by Gasteiger charge is -2.37. The second-order valence-corrected chi connectivity index (χ2v) is 4.60. The van der Waals surface area contributed by atoms with Crippen molar-refractivity contribution >= 4 is 5.69 Å². The molecule has 0 radical (unpaired) electrons. The summed E-state index contributed by atoms with van der Waals surface area (Å²) in [7, 11) is 2.18. The fraction of sp³-hybridized carbons (Fsp3) is 0.583. The lowest BCUT2D eigenvalue weighted by Crippen LogP contribution is -2.49. The molecule has 0 aliphatic carbocycles. The lowest BCUT2D eigenvalue weighted by atomic mass is 10.2. The van der Waals surface area contributed by atoms with Gasteiger partial charge < -0.3 is 10.6 Å². The average molecular weight is 220 g/mol. The smallest absolute Gasteiger partial charge is 0.0772 e.